The van der Waals surface area contributed by atoms with E-state index in [1.807, 2.05) is 0 Å². The van der Waals surface area contributed by atoms with Gasteiger partial charge in [-0.2, -0.15) is 58.4 Å². The first-order valence-electron chi connectivity index (χ1n) is 15.7. The molecular weight excluding hydrogens is 711 g/mol. The Labute approximate surface area is 314 Å². The van der Waals surface area contributed by atoms with E-state index in [2.05, 4.69) is 174 Å². The molecule has 4 aromatic carbocycles. The van der Waals surface area contributed by atoms with E-state index in [1.165, 1.54) is 83.1 Å². The van der Waals surface area contributed by atoms with Crippen LogP contribution >= 0.6 is 11.3 Å². The normalized spacial score (nSPS) is 12.6. The van der Waals surface area contributed by atoms with Gasteiger partial charge in [0.2, 0.25) is 0 Å². The molecule has 0 unspecified atom stereocenters. The third kappa shape index (κ3) is 10.2. The number of fused-ring (bicyclic) bond motifs is 3. The first-order chi connectivity index (χ1) is 21.5. The summed E-state index contributed by atoms with van der Waals surface area (Å²) in [6, 6.07) is 38.3. The zero-order valence-corrected chi connectivity index (χ0v) is 32.9. The van der Waals surface area contributed by atoms with E-state index in [4.69, 9.17) is 0 Å². The van der Waals surface area contributed by atoms with Crippen molar-refractivity contribution < 1.29 is 49.0 Å². The van der Waals surface area contributed by atoms with Gasteiger partial charge in [-0.25, -0.2) is 0 Å². The third-order valence-electron chi connectivity index (χ3n) is 8.18. The number of thiophene rings is 1. The van der Waals surface area contributed by atoms with Gasteiger partial charge in [0.05, 0.1) is 0 Å². The van der Waals surface area contributed by atoms with Gasteiger partial charge in [0.15, 0.2) is 0 Å². The van der Waals surface area contributed by atoms with Crippen LogP contribution in [0.1, 0.15) is 86.9 Å². The Bertz CT molecular complexity index is 1700. The van der Waals surface area contributed by atoms with E-state index in [0.29, 0.717) is 0 Å². The summed E-state index contributed by atoms with van der Waals surface area (Å²) in [5, 5.41) is 4.24. The Morgan fingerprint density at radius 2 is 1.32 bits per heavy atom. The minimum atomic E-state index is 0. The van der Waals surface area contributed by atoms with Gasteiger partial charge in [0.25, 0.3) is 0 Å². The van der Waals surface area contributed by atoms with Crippen LogP contribution in [0.2, 0.25) is 0 Å². The van der Waals surface area contributed by atoms with Crippen molar-refractivity contribution in [1.29, 1.82) is 0 Å². The molecule has 0 aliphatic heterocycles. The van der Waals surface area contributed by atoms with Crippen molar-refractivity contribution in [2.75, 3.05) is 0 Å². The van der Waals surface area contributed by atoms with Crippen molar-refractivity contribution in [2.45, 2.75) is 65.2 Å². The molecule has 0 nitrogen and oxygen atoms in total. The fourth-order valence-electron chi connectivity index (χ4n) is 5.38. The molecule has 47 heavy (non-hydrogen) atoms. The predicted molar refractivity (Wildman–Crippen MR) is 192 cm³/mol. The van der Waals surface area contributed by atoms with Crippen molar-refractivity contribution in [2.24, 2.45) is 0 Å². The molecule has 0 spiro atoms. The molecule has 1 heterocycles. The molecule has 1 aromatic heterocycles. The standard InChI is InChI=1S/C21H25.C13H10.C9H7S.2ClH.Zr/c1-20(2,3)16-9-7-14-11-15-8-10-17(21(4,5)6)13-19(15)18(14)12-16;1-3-7-12(8-4-1)11-13-9-5-2-6-10-13;1-2-4-8(3-1)9-5-6-10-7-9;;;/h7,9-10,12-13H,11H2,1-6H3;1-10H;1,3,5-7H,2H2;2*1H;/q-1;;-1;;;+2/p-2. The van der Waals surface area contributed by atoms with Gasteiger partial charge in [0.1, 0.15) is 0 Å². The van der Waals surface area contributed by atoms with Crippen LogP contribution in [-0.2, 0) is 41.5 Å². The fraction of sp³-hybridized carbons (Fsp3) is 0.233. The summed E-state index contributed by atoms with van der Waals surface area (Å²) < 4.78 is 1.42. The van der Waals surface area contributed by atoms with Crippen molar-refractivity contribution in [3.8, 4) is 11.1 Å². The molecule has 0 bridgehead atoms. The fourth-order valence-corrected chi connectivity index (χ4v) is 6.86. The Balaban J connectivity index is 0.000000200. The van der Waals surface area contributed by atoms with Gasteiger partial charge in [-0.15, -0.1) is 17.2 Å². The van der Waals surface area contributed by atoms with E-state index in [-0.39, 0.29) is 35.6 Å². The number of hydrogen-bond acceptors (Lipinski definition) is 1. The van der Waals surface area contributed by atoms with Crippen LogP contribution < -0.4 is 24.8 Å². The van der Waals surface area contributed by atoms with Gasteiger partial charge in [-0.05, 0) is 22.8 Å². The summed E-state index contributed by atoms with van der Waals surface area (Å²) in [7, 11) is 0. The number of rotatable bonds is 3. The molecule has 0 saturated carbocycles. The van der Waals surface area contributed by atoms with Gasteiger partial charge in [-0.3, -0.25) is 0 Å². The van der Waals surface area contributed by atoms with Crippen LogP contribution in [0.25, 0.3) is 16.7 Å². The van der Waals surface area contributed by atoms with Gasteiger partial charge in [0, 0.05) is 0 Å². The zero-order valence-electron chi connectivity index (χ0n) is 28.1. The Kier molecular flexibility index (Phi) is 14.2. The Hall–Kier alpha value is -2.61. The summed E-state index contributed by atoms with van der Waals surface area (Å²) in [6.45, 7) is 13.6. The topological polar surface area (TPSA) is 0 Å². The maximum atomic E-state index is 3.53. The predicted octanol–water partition coefficient (Wildman–Crippen LogP) is 5.36. The van der Waals surface area contributed by atoms with Crippen LogP contribution in [0.15, 0.2) is 120 Å². The Morgan fingerprint density at radius 1 is 0.723 bits per heavy atom. The second kappa shape index (κ2) is 17.2. The maximum absolute atomic E-state index is 3.53. The first kappa shape index (κ1) is 38.8. The molecule has 0 saturated heterocycles. The van der Waals surface area contributed by atoms with Crippen molar-refractivity contribution >= 4 is 20.1 Å². The summed E-state index contributed by atoms with van der Waals surface area (Å²) in [6.07, 6.45) is 9.53. The summed E-state index contributed by atoms with van der Waals surface area (Å²) in [5.74, 6) is 0. The molecule has 0 radical (unpaired) electrons. The second-order valence-corrected chi connectivity index (χ2v) is 15.7. The average molecular weight is 753 g/mol. The van der Waals surface area contributed by atoms with Crippen LogP contribution in [0.5, 0.6) is 0 Å². The van der Waals surface area contributed by atoms with Gasteiger partial charge >= 0.3 is 99.2 Å². The van der Waals surface area contributed by atoms with Crippen LogP contribution in [0, 0.1) is 12.1 Å². The molecule has 0 amide bonds. The van der Waals surface area contributed by atoms with Crippen LogP contribution in [0.3, 0.4) is 0 Å². The molecule has 7 rings (SSSR count). The summed E-state index contributed by atoms with van der Waals surface area (Å²) in [4.78, 5) is 0. The third-order valence-corrected chi connectivity index (χ3v) is 10.3. The molecule has 2 aliphatic rings. The average Bonchev–Trinajstić information content (AvgIpc) is 3.82. The molecule has 240 valence electrons. The monoisotopic (exact) mass is 750 g/mol. The minimum absolute atomic E-state index is 0. The SMILES string of the molecule is CC(C)(C)c1c[c-]c2c(c1)-c1cc(C(C)(C)C)ccc1C2.[C-]1=C(c2ccsc2)C=CC1.[Cl-].[Cl-].[Zr+2]=[C](c1ccccc1)c1ccccc1. The van der Waals surface area contributed by atoms with Crippen molar-refractivity contribution in [3.63, 3.8) is 0 Å². The van der Waals surface area contributed by atoms with E-state index in [0.717, 1.165) is 12.8 Å². The van der Waals surface area contributed by atoms with E-state index in [1.54, 1.807) is 11.3 Å². The second-order valence-electron chi connectivity index (χ2n) is 13.6. The van der Waals surface area contributed by atoms with E-state index in [9.17, 15) is 0 Å². The molecule has 4 heteroatoms. The number of allylic oxidation sites excluding steroid dienone is 4. The molecule has 2 aliphatic carbocycles. The van der Waals surface area contributed by atoms with Crippen LogP contribution in [-0.4, -0.2) is 3.21 Å². The van der Waals surface area contributed by atoms with E-state index >= 15 is 0 Å². The quantitative estimate of drug-likeness (QED) is 0.214. The van der Waals surface area contributed by atoms with Crippen LogP contribution in [0.4, 0.5) is 0 Å². The van der Waals surface area contributed by atoms with Crippen molar-refractivity contribution in [1.82, 2.24) is 0 Å². The first-order valence-corrected chi connectivity index (χ1v) is 17.9. The van der Waals surface area contributed by atoms with Gasteiger partial charge in [-0.1, -0.05) is 94.2 Å². The Morgan fingerprint density at radius 3 is 1.83 bits per heavy atom. The number of benzene rings is 4. The number of hydrogen-bond donors (Lipinski definition) is 0. The molecule has 0 fully saturated rings. The number of halogens is 2. The summed E-state index contributed by atoms with van der Waals surface area (Å²) in [5.41, 5.74) is 14.0. The molecule has 0 atom stereocenters. The molecule has 5 aromatic rings. The summed E-state index contributed by atoms with van der Waals surface area (Å²) >= 11 is 3.19. The van der Waals surface area contributed by atoms with Gasteiger partial charge < -0.3 is 24.8 Å². The van der Waals surface area contributed by atoms with Crippen molar-refractivity contribution in [3.05, 3.63) is 171 Å². The van der Waals surface area contributed by atoms with E-state index < -0.39 is 0 Å². The molecular formula is C43H42Cl2SZr-2. The molecule has 0 N–H and O–H groups in total. The zero-order chi connectivity index (χ0) is 32.0.